The van der Waals surface area contributed by atoms with E-state index in [0.717, 1.165) is 0 Å². The van der Waals surface area contributed by atoms with E-state index >= 15 is 0 Å². The third-order valence-electron chi connectivity index (χ3n) is 8.72. The number of nitrogens with zero attached hydrogens (tertiary/aromatic N) is 1. The summed E-state index contributed by atoms with van der Waals surface area (Å²) in [5, 5.41) is 29.2. The highest BCUT2D eigenvalue weighted by Gasteiger charge is 2.47. The summed E-state index contributed by atoms with van der Waals surface area (Å²) in [7, 11) is 0. The molecule has 3 aromatic rings. The fourth-order valence-electron chi connectivity index (χ4n) is 5.77. The van der Waals surface area contributed by atoms with Gasteiger partial charge in [-0.05, 0) is 41.9 Å². The molecule has 6 atom stereocenters. The van der Waals surface area contributed by atoms with Gasteiger partial charge >= 0.3 is 24.2 Å². The average molecular weight is 773 g/mol. The number of carbonyl (C=O) groups excluding carboxylic acids is 4. The molecule has 0 bridgehead atoms. The standard InChI is InChI=1S/C39H47F3N4O9/c1-23(2)28(20-31(47)48)35(50)45-30(19-26-14-9-6-10-15-26)34(55-37(52)39(40,41)42)33(49)29(18-25-12-7-5-8-13-25)44-36(51)32(24(3)4)46-38(53)54-22-27-16-11-17-43-21-27/h5-17,21,23-24,28-30,32-34,49H,18-20,22H2,1-4H3,(H,44,51)(H,45,50)(H,46,53)(H,47,48)/t28?,29-,30-,32-,33+,34-/m0/s1. The lowest BCUT2D eigenvalue weighted by molar-refractivity contribution is -0.212. The Kier molecular flexibility index (Phi) is 16.6. The molecule has 0 fully saturated rings. The van der Waals surface area contributed by atoms with Crippen LogP contribution in [0.2, 0.25) is 0 Å². The average Bonchev–Trinajstić information content (AvgIpc) is 3.13. The summed E-state index contributed by atoms with van der Waals surface area (Å²) in [5.41, 5.74) is 1.56. The molecule has 0 radical (unpaired) electrons. The highest BCUT2D eigenvalue weighted by atomic mass is 19.4. The summed E-state index contributed by atoms with van der Waals surface area (Å²) in [5.74, 6) is -7.92. The van der Waals surface area contributed by atoms with Crippen molar-refractivity contribution in [2.75, 3.05) is 0 Å². The van der Waals surface area contributed by atoms with Gasteiger partial charge in [0.15, 0.2) is 6.10 Å². The van der Waals surface area contributed by atoms with Crippen LogP contribution in [0.25, 0.3) is 0 Å². The summed E-state index contributed by atoms with van der Waals surface area (Å²) in [4.78, 5) is 68.4. The van der Waals surface area contributed by atoms with Crippen molar-refractivity contribution in [1.29, 1.82) is 0 Å². The van der Waals surface area contributed by atoms with Crippen LogP contribution in [0, 0.1) is 17.8 Å². The molecule has 13 nitrogen and oxygen atoms in total. The van der Waals surface area contributed by atoms with Crippen LogP contribution >= 0.6 is 0 Å². The predicted octanol–water partition coefficient (Wildman–Crippen LogP) is 4.37. The number of alkyl carbamates (subject to hydrolysis) is 1. The summed E-state index contributed by atoms with van der Waals surface area (Å²) >= 11 is 0. The minimum atomic E-state index is -5.52. The lowest BCUT2D eigenvalue weighted by atomic mass is 9.88. The van der Waals surface area contributed by atoms with E-state index in [-0.39, 0.29) is 19.4 Å². The molecule has 5 N–H and O–H groups in total. The van der Waals surface area contributed by atoms with Crippen LogP contribution in [0.4, 0.5) is 18.0 Å². The van der Waals surface area contributed by atoms with Crippen molar-refractivity contribution in [3.8, 4) is 0 Å². The molecule has 16 heteroatoms. The zero-order valence-corrected chi connectivity index (χ0v) is 30.9. The van der Waals surface area contributed by atoms with Crippen molar-refractivity contribution in [2.45, 2.75) is 90.1 Å². The van der Waals surface area contributed by atoms with Gasteiger partial charge in [-0.15, -0.1) is 0 Å². The van der Waals surface area contributed by atoms with Gasteiger partial charge < -0.3 is 35.6 Å². The van der Waals surface area contributed by atoms with E-state index in [2.05, 4.69) is 20.9 Å². The Labute approximate surface area is 317 Å². The van der Waals surface area contributed by atoms with E-state index in [0.29, 0.717) is 16.7 Å². The second kappa shape index (κ2) is 20.8. The van der Waals surface area contributed by atoms with E-state index in [1.807, 2.05) is 0 Å². The predicted molar refractivity (Wildman–Crippen MR) is 193 cm³/mol. The quantitative estimate of drug-likeness (QED) is 0.109. The second-order valence-corrected chi connectivity index (χ2v) is 13.7. The molecule has 3 rings (SSSR count). The van der Waals surface area contributed by atoms with Gasteiger partial charge in [0.2, 0.25) is 11.8 Å². The van der Waals surface area contributed by atoms with Crippen LogP contribution in [0.5, 0.6) is 0 Å². The number of esters is 1. The first-order valence-electron chi connectivity index (χ1n) is 17.6. The minimum absolute atomic E-state index is 0.160. The van der Waals surface area contributed by atoms with Crippen molar-refractivity contribution < 1.29 is 56.8 Å². The maximum absolute atomic E-state index is 13.9. The maximum atomic E-state index is 13.9. The fourth-order valence-corrected chi connectivity index (χ4v) is 5.77. The smallest absolute Gasteiger partial charge is 0.481 e. The topological polar surface area (TPSA) is 193 Å². The molecule has 3 amide bonds. The SMILES string of the molecule is CC(C)C(CC(=O)O)C(=O)N[C@@H](Cc1ccccc1)[C@H](OC(=O)C(F)(F)F)[C@H](O)[C@H](Cc1ccccc1)NC(=O)[C@@H](NC(=O)OCc1cccnc1)C(C)C. The number of pyridine rings is 1. The molecule has 0 spiro atoms. The highest BCUT2D eigenvalue weighted by Crippen LogP contribution is 2.25. The molecule has 55 heavy (non-hydrogen) atoms. The molecule has 2 aromatic carbocycles. The Balaban J connectivity index is 2.05. The number of aliphatic hydroxyl groups excluding tert-OH is 1. The van der Waals surface area contributed by atoms with Crippen molar-refractivity contribution in [2.24, 2.45) is 17.8 Å². The molecule has 0 saturated carbocycles. The van der Waals surface area contributed by atoms with E-state index in [1.54, 1.807) is 100 Å². The van der Waals surface area contributed by atoms with E-state index < -0.39 is 90.5 Å². The first-order chi connectivity index (χ1) is 26.0. The van der Waals surface area contributed by atoms with Gasteiger partial charge in [-0.1, -0.05) is 94.4 Å². The number of nitrogens with one attached hydrogen (secondary N) is 3. The van der Waals surface area contributed by atoms with E-state index in [9.17, 15) is 47.4 Å². The Hall–Kier alpha value is -5.51. The van der Waals surface area contributed by atoms with Gasteiger partial charge in [0.05, 0.1) is 24.4 Å². The number of aliphatic carboxylic acids is 1. The molecule has 0 aliphatic carbocycles. The molecule has 1 unspecified atom stereocenters. The van der Waals surface area contributed by atoms with Crippen molar-refractivity contribution in [3.63, 3.8) is 0 Å². The number of halogens is 3. The summed E-state index contributed by atoms with van der Waals surface area (Å²) < 4.78 is 51.7. The first-order valence-corrected chi connectivity index (χ1v) is 17.6. The molecular weight excluding hydrogens is 725 g/mol. The number of carboxylic acids is 1. The molecule has 0 saturated heterocycles. The highest BCUT2D eigenvalue weighted by molar-refractivity contribution is 5.86. The zero-order valence-electron chi connectivity index (χ0n) is 30.9. The number of ether oxygens (including phenoxy) is 2. The monoisotopic (exact) mass is 772 g/mol. The van der Waals surface area contributed by atoms with Gasteiger partial charge in [0.1, 0.15) is 18.8 Å². The molecule has 298 valence electrons. The Morgan fingerprint density at radius 3 is 1.78 bits per heavy atom. The van der Waals surface area contributed by atoms with Gasteiger partial charge in [0.25, 0.3) is 0 Å². The molecule has 0 aliphatic rings. The minimum Gasteiger partial charge on any atom is -0.481 e. The second-order valence-electron chi connectivity index (χ2n) is 13.7. The number of hydrogen-bond donors (Lipinski definition) is 5. The van der Waals surface area contributed by atoms with Crippen LogP contribution in [0.1, 0.15) is 50.8 Å². The Morgan fingerprint density at radius 1 is 0.745 bits per heavy atom. The lowest BCUT2D eigenvalue weighted by Crippen LogP contribution is -2.61. The number of alkyl halides is 3. The number of hydrogen-bond acceptors (Lipinski definition) is 9. The summed E-state index contributed by atoms with van der Waals surface area (Å²) in [6.45, 7) is 6.27. The normalized spacial score (nSPS) is 14.8. The number of carbonyl (C=O) groups is 5. The number of rotatable bonds is 19. The van der Waals surface area contributed by atoms with E-state index in [4.69, 9.17) is 9.47 Å². The fraction of sp³-hybridized carbons (Fsp3) is 0.436. The van der Waals surface area contributed by atoms with Gasteiger partial charge in [-0.2, -0.15) is 13.2 Å². The van der Waals surface area contributed by atoms with Crippen LogP contribution in [-0.2, 0) is 48.1 Å². The van der Waals surface area contributed by atoms with Crippen molar-refractivity contribution in [3.05, 3.63) is 102 Å². The maximum Gasteiger partial charge on any atom is 0.490 e. The van der Waals surface area contributed by atoms with Gasteiger partial charge in [-0.25, -0.2) is 9.59 Å². The molecule has 0 aliphatic heterocycles. The number of aliphatic hydroxyl groups is 1. The Morgan fingerprint density at radius 2 is 1.29 bits per heavy atom. The molecule has 1 aromatic heterocycles. The third-order valence-corrected chi connectivity index (χ3v) is 8.72. The largest absolute Gasteiger partial charge is 0.490 e. The molecular formula is C39H47F3N4O9. The Bertz CT molecular complexity index is 1700. The first kappa shape index (κ1) is 43.9. The molecule has 1 heterocycles. The van der Waals surface area contributed by atoms with Crippen LogP contribution in [-0.4, -0.2) is 81.6 Å². The van der Waals surface area contributed by atoms with Crippen molar-refractivity contribution in [1.82, 2.24) is 20.9 Å². The number of benzene rings is 2. The van der Waals surface area contributed by atoms with E-state index in [1.165, 1.54) is 12.4 Å². The van der Waals surface area contributed by atoms with Gasteiger partial charge in [0, 0.05) is 18.0 Å². The number of aromatic nitrogens is 1. The summed E-state index contributed by atoms with van der Waals surface area (Å²) in [6.07, 6.45) is -8.82. The third kappa shape index (κ3) is 14.3. The number of amides is 3. The van der Waals surface area contributed by atoms with Gasteiger partial charge in [-0.3, -0.25) is 19.4 Å². The van der Waals surface area contributed by atoms with Crippen LogP contribution in [0.15, 0.2) is 85.2 Å². The number of carboxylic acid groups (broad SMARTS) is 1. The lowest BCUT2D eigenvalue weighted by Gasteiger charge is -2.37. The summed E-state index contributed by atoms with van der Waals surface area (Å²) in [6, 6.07) is 15.4. The van der Waals surface area contributed by atoms with Crippen LogP contribution in [0.3, 0.4) is 0 Å². The zero-order chi connectivity index (χ0) is 40.7. The van der Waals surface area contributed by atoms with Crippen LogP contribution < -0.4 is 16.0 Å². The van der Waals surface area contributed by atoms with Crippen molar-refractivity contribution >= 4 is 29.8 Å².